The predicted molar refractivity (Wildman–Crippen MR) is 77.2 cm³/mol. The molecule has 5 heteroatoms. The van der Waals surface area contributed by atoms with Crippen LogP contribution in [0.4, 0.5) is 11.5 Å². The molecular weight excluding hydrogens is 254 g/mol. The van der Waals surface area contributed by atoms with Crippen LogP contribution in [0.2, 0.25) is 0 Å². The Kier molecular flexibility index (Phi) is 4.30. The fourth-order valence-corrected chi connectivity index (χ4v) is 2.01. The number of ether oxygens (including phenoxy) is 1. The maximum absolute atomic E-state index is 11.5. The molecule has 0 radical (unpaired) electrons. The van der Waals surface area contributed by atoms with Crippen molar-refractivity contribution in [1.29, 1.82) is 0 Å². The number of aromatic nitrogens is 2. The first-order valence-electron chi connectivity index (χ1n) is 6.41. The molecule has 2 aromatic rings. The SMILES string of the molecule is CCN(c1cncc(C(=O)OC)n1)c1ccccc1C. The topological polar surface area (TPSA) is 55.3 Å². The number of aryl methyl sites for hydroxylation is 1. The maximum atomic E-state index is 11.5. The van der Waals surface area contributed by atoms with Crippen LogP contribution in [0.25, 0.3) is 0 Å². The Labute approximate surface area is 118 Å². The Balaban J connectivity index is 2.42. The molecule has 1 aromatic carbocycles. The number of esters is 1. The van der Waals surface area contributed by atoms with E-state index in [2.05, 4.69) is 14.7 Å². The molecule has 0 saturated heterocycles. The van der Waals surface area contributed by atoms with Gasteiger partial charge >= 0.3 is 5.97 Å². The van der Waals surface area contributed by atoms with Crippen LogP contribution in [0.5, 0.6) is 0 Å². The van der Waals surface area contributed by atoms with E-state index in [4.69, 9.17) is 0 Å². The molecule has 1 heterocycles. The molecule has 104 valence electrons. The van der Waals surface area contributed by atoms with Crippen LogP contribution in [-0.4, -0.2) is 29.6 Å². The summed E-state index contributed by atoms with van der Waals surface area (Å²) in [4.78, 5) is 21.9. The average Bonchev–Trinajstić information content (AvgIpc) is 2.49. The highest BCUT2D eigenvalue weighted by Gasteiger charge is 2.14. The van der Waals surface area contributed by atoms with E-state index in [0.717, 1.165) is 17.8 Å². The lowest BCUT2D eigenvalue weighted by atomic mass is 10.2. The molecule has 0 amide bonds. The zero-order chi connectivity index (χ0) is 14.5. The number of anilines is 2. The Morgan fingerprint density at radius 1 is 1.30 bits per heavy atom. The fourth-order valence-electron chi connectivity index (χ4n) is 2.01. The molecule has 5 nitrogen and oxygen atoms in total. The summed E-state index contributed by atoms with van der Waals surface area (Å²) in [5, 5.41) is 0. The summed E-state index contributed by atoms with van der Waals surface area (Å²) < 4.78 is 4.67. The smallest absolute Gasteiger partial charge is 0.358 e. The number of rotatable bonds is 4. The van der Waals surface area contributed by atoms with E-state index in [0.29, 0.717) is 5.82 Å². The van der Waals surface area contributed by atoms with Crippen LogP contribution in [0.3, 0.4) is 0 Å². The normalized spacial score (nSPS) is 10.2. The van der Waals surface area contributed by atoms with Gasteiger partial charge in [-0.25, -0.2) is 9.78 Å². The van der Waals surface area contributed by atoms with E-state index in [1.165, 1.54) is 13.3 Å². The number of carbonyl (C=O) groups excluding carboxylic acids is 1. The lowest BCUT2D eigenvalue weighted by Gasteiger charge is -2.23. The number of benzene rings is 1. The highest BCUT2D eigenvalue weighted by molar-refractivity contribution is 5.87. The van der Waals surface area contributed by atoms with Gasteiger partial charge in [0.15, 0.2) is 11.5 Å². The van der Waals surface area contributed by atoms with Gasteiger partial charge in [0.25, 0.3) is 0 Å². The Morgan fingerprint density at radius 3 is 2.70 bits per heavy atom. The Bertz CT molecular complexity index is 614. The van der Waals surface area contributed by atoms with Crippen molar-refractivity contribution in [1.82, 2.24) is 9.97 Å². The van der Waals surface area contributed by atoms with Crippen LogP contribution >= 0.6 is 0 Å². The van der Waals surface area contributed by atoms with E-state index in [1.54, 1.807) is 6.20 Å². The fraction of sp³-hybridized carbons (Fsp3) is 0.267. The van der Waals surface area contributed by atoms with Crippen molar-refractivity contribution in [2.75, 3.05) is 18.6 Å². The highest BCUT2D eigenvalue weighted by Crippen LogP contribution is 2.26. The van der Waals surface area contributed by atoms with Crippen molar-refractivity contribution in [2.24, 2.45) is 0 Å². The summed E-state index contributed by atoms with van der Waals surface area (Å²) >= 11 is 0. The molecule has 0 spiro atoms. The van der Waals surface area contributed by atoms with Crippen molar-refractivity contribution in [3.8, 4) is 0 Å². The molecule has 2 rings (SSSR count). The number of nitrogens with zero attached hydrogens (tertiary/aromatic N) is 3. The third kappa shape index (κ3) is 2.77. The van der Waals surface area contributed by atoms with Gasteiger partial charge in [0.05, 0.1) is 19.5 Å². The summed E-state index contributed by atoms with van der Waals surface area (Å²) in [5.74, 6) is 0.143. The van der Waals surface area contributed by atoms with E-state index in [9.17, 15) is 4.79 Å². The largest absolute Gasteiger partial charge is 0.464 e. The van der Waals surface area contributed by atoms with E-state index in [1.807, 2.05) is 43.0 Å². The second-order valence-corrected chi connectivity index (χ2v) is 4.28. The quantitative estimate of drug-likeness (QED) is 0.800. The first-order chi connectivity index (χ1) is 9.67. The van der Waals surface area contributed by atoms with E-state index < -0.39 is 5.97 Å². The minimum atomic E-state index is -0.486. The number of carbonyl (C=O) groups is 1. The summed E-state index contributed by atoms with van der Waals surface area (Å²) in [6.45, 7) is 4.79. The van der Waals surface area contributed by atoms with Gasteiger partial charge in [0.1, 0.15) is 0 Å². The number of para-hydroxylation sites is 1. The minimum absolute atomic E-state index is 0.206. The third-order valence-electron chi connectivity index (χ3n) is 3.02. The third-order valence-corrected chi connectivity index (χ3v) is 3.02. The Hall–Kier alpha value is -2.43. The van der Waals surface area contributed by atoms with Crippen LogP contribution in [0.1, 0.15) is 23.0 Å². The molecule has 0 atom stereocenters. The second-order valence-electron chi connectivity index (χ2n) is 4.28. The van der Waals surface area contributed by atoms with Crippen LogP contribution in [0.15, 0.2) is 36.7 Å². The van der Waals surface area contributed by atoms with Crippen molar-refractivity contribution in [3.05, 3.63) is 47.9 Å². The van der Waals surface area contributed by atoms with Gasteiger partial charge in [-0.15, -0.1) is 0 Å². The van der Waals surface area contributed by atoms with E-state index >= 15 is 0 Å². The van der Waals surface area contributed by atoms with Crippen LogP contribution in [0, 0.1) is 6.92 Å². The molecule has 1 aromatic heterocycles. The zero-order valence-corrected chi connectivity index (χ0v) is 11.8. The van der Waals surface area contributed by atoms with Crippen molar-refractivity contribution >= 4 is 17.5 Å². The first-order valence-corrected chi connectivity index (χ1v) is 6.41. The molecule has 0 N–H and O–H groups in total. The van der Waals surface area contributed by atoms with Gasteiger partial charge in [0.2, 0.25) is 0 Å². The van der Waals surface area contributed by atoms with Crippen LogP contribution in [-0.2, 0) is 4.74 Å². The molecule has 0 aliphatic rings. The standard InChI is InChI=1S/C15H17N3O2/c1-4-18(13-8-6-5-7-11(13)2)14-10-16-9-12(17-14)15(19)20-3/h5-10H,4H2,1-3H3. The summed E-state index contributed by atoms with van der Waals surface area (Å²) in [6.07, 6.45) is 3.05. The van der Waals surface area contributed by atoms with Gasteiger partial charge < -0.3 is 9.64 Å². The average molecular weight is 271 g/mol. The zero-order valence-electron chi connectivity index (χ0n) is 11.8. The summed E-state index contributed by atoms with van der Waals surface area (Å²) in [6, 6.07) is 8.02. The van der Waals surface area contributed by atoms with Gasteiger partial charge in [-0.3, -0.25) is 4.98 Å². The highest BCUT2D eigenvalue weighted by atomic mass is 16.5. The van der Waals surface area contributed by atoms with Crippen molar-refractivity contribution < 1.29 is 9.53 Å². The maximum Gasteiger partial charge on any atom is 0.358 e. The number of hydrogen-bond acceptors (Lipinski definition) is 5. The van der Waals surface area contributed by atoms with Gasteiger partial charge in [-0.2, -0.15) is 0 Å². The molecule has 0 fully saturated rings. The lowest BCUT2D eigenvalue weighted by molar-refractivity contribution is 0.0593. The number of hydrogen-bond donors (Lipinski definition) is 0. The van der Waals surface area contributed by atoms with Crippen LogP contribution < -0.4 is 4.90 Å². The predicted octanol–water partition coefficient (Wildman–Crippen LogP) is 2.73. The van der Waals surface area contributed by atoms with Gasteiger partial charge in [-0.05, 0) is 25.5 Å². The summed E-state index contributed by atoms with van der Waals surface area (Å²) in [7, 11) is 1.33. The Morgan fingerprint density at radius 2 is 2.05 bits per heavy atom. The van der Waals surface area contributed by atoms with Gasteiger partial charge in [0, 0.05) is 12.2 Å². The minimum Gasteiger partial charge on any atom is -0.464 e. The molecule has 0 saturated carbocycles. The second kappa shape index (κ2) is 6.14. The molecular formula is C15H17N3O2. The lowest BCUT2D eigenvalue weighted by Crippen LogP contribution is -2.20. The van der Waals surface area contributed by atoms with Gasteiger partial charge in [-0.1, -0.05) is 18.2 Å². The molecule has 0 unspecified atom stereocenters. The van der Waals surface area contributed by atoms with E-state index in [-0.39, 0.29) is 5.69 Å². The number of methoxy groups -OCH3 is 1. The molecule has 0 aliphatic heterocycles. The molecule has 20 heavy (non-hydrogen) atoms. The molecule has 0 aliphatic carbocycles. The first kappa shape index (κ1) is 14.0. The van der Waals surface area contributed by atoms with Crippen molar-refractivity contribution in [3.63, 3.8) is 0 Å². The summed E-state index contributed by atoms with van der Waals surface area (Å²) in [5.41, 5.74) is 2.39. The van der Waals surface area contributed by atoms with Crippen molar-refractivity contribution in [2.45, 2.75) is 13.8 Å². The monoisotopic (exact) mass is 271 g/mol. The molecule has 0 bridgehead atoms.